The molecule has 0 amide bonds. The van der Waals surface area contributed by atoms with E-state index in [2.05, 4.69) is 20.2 Å². The summed E-state index contributed by atoms with van der Waals surface area (Å²) < 4.78 is 20.1. The predicted octanol–water partition coefficient (Wildman–Crippen LogP) is 1.79. The van der Waals surface area contributed by atoms with E-state index >= 15 is 0 Å². The zero-order chi connectivity index (χ0) is 14.9. The molecule has 1 aromatic carbocycles. The standard InChI is InChI=1S/C15H14FN5O/c16-11-1-3-12(4-2-11)21-15-13(18-19-21)5-6-14(17-15)20-7-9-22-10-8-20/h1-6H,7-10H2. The van der Waals surface area contributed by atoms with E-state index in [0.29, 0.717) is 24.4 Å². The molecule has 2 aromatic heterocycles. The number of anilines is 1. The van der Waals surface area contributed by atoms with Gasteiger partial charge in [-0.2, -0.15) is 4.68 Å². The van der Waals surface area contributed by atoms with Crippen molar-refractivity contribution in [1.82, 2.24) is 20.0 Å². The van der Waals surface area contributed by atoms with E-state index in [4.69, 9.17) is 4.74 Å². The van der Waals surface area contributed by atoms with Gasteiger partial charge in [0.15, 0.2) is 5.65 Å². The number of halogens is 1. The molecule has 0 unspecified atom stereocenters. The first-order valence-electron chi connectivity index (χ1n) is 7.12. The van der Waals surface area contributed by atoms with Crippen molar-refractivity contribution in [3.63, 3.8) is 0 Å². The van der Waals surface area contributed by atoms with Gasteiger partial charge in [-0.25, -0.2) is 9.37 Å². The summed E-state index contributed by atoms with van der Waals surface area (Å²) in [6, 6.07) is 9.96. The molecule has 1 fully saturated rings. The summed E-state index contributed by atoms with van der Waals surface area (Å²) in [6.07, 6.45) is 0. The van der Waals surface area contributed by atoms with Gasteiger partial charge in [0, 0.05) is 13.1 Å². The lowest BCUT2D eigenvalue weighted by atomic mass is 10.3. The Bertz CT molecular complexity index is 795. The van der Waals surface area contributed by atoms with Crippen LogP contribution in [0.1, 0.15) is 0 Å². The highest BCUT2D eigenvalue weighted by molar-refractivity contribution is 5.74. The number of hydrogen-bond acceptors (Lipinski definition) is 5. The average Bonchev–Trinajstić information content (AvgIpc) is 2.99. The first-order chi connectivity index (χ1) is 10.8. The summed E-state index contributed by atoms with van der Waals surface area (Å²) in [6.45, 7) is 3.04. The van der Waals surface area contributed by atoms with Crippen LogP contribution < -0.4 is 4.90 Å². The van der Waals surface area contributed by atoms with Gasteiger partial charge in [0.25, 0.3) is 0 Å². The molecule has 3 aromatic rings. The largest absolute Gasteiger partial charge is 0.378 e. The van der Waals surface area contributed by atoms with Crippen molar-refractivity contribution in [2.75, 3.05) is 31.2 Å². The SMILES string of the molecule is Fc1ccc(-n2nnc3ccc(N4CCOCC4)nc32)cc1. The zero-order valence-corrected chi connectivity index (χ0v) is 11.8. The van der Waals surface area contributed by atoms with Crippen LogP contribution in [0.4, 0.5) is 10.2 Å². The van der Waals surface area contributed by atoms with Gasteiger partial charge in [-0.3, -0.25) is 0 Å². The van der Waals surface area contributed by atoms with Gasteiger partial charge in [0.05, 0.1) is 18.9 Å². The van der Waals surface area contributed by atoms with Crippen LogP contribution in [-0.4, -0.2) is 46.3 Å². The molecule has 0 radical (unpaired) electrons. The van der Waals surface area contributed by atoms with Gasteiger partial charge in [-0.05, 0) is 36.4 Å². The Balaban J connectivity index is 1.77. The Labute approximate surface area is 126 Å². The lowest BCUT2D eigenvalue weighted by Crippen LogP contribution is -2.36. The van der Waals surface area contributed by atoms with Gasteiger partial charge >= 0.3 is 0 Å². The molecule has 7 heteroatoms. The molecule has 0 saturated carbocycles. The molecule has 112 valence electrons. The Morgan fingerprint density at radius 3 is 2.55 bits per heavy atom. The van der Waals surface area contributed by atoms with E-state index in [1.54, 1.807) is 16.8 Å². The van der Waals surface area contributed by atoms with Crippen LogP contribution >= 0.6 is 0 Å². The van der Waals surface area contributed by atoms with E-state index < -0.39 is 0 Å². The molecule has 3 heterocycles. The second-order valence-electron chi connectivity index (χ2n) is 5.09. The minimum absolute atomic E-state index is 0.282. The van der Waals surface area contributed by atoms with E-state index in [0.717, 1.165) is 24.6 Å². The van der Waals surface area contributed by atoms with Crippen molar-refractivity contribution in [2.45, 2.75) is 0 Å². The van der Waals surface area contributed by atoms with Crippen molar-refractivity contribution >= 4 is 17.0 Å². The third-order valence-electron chi connectivity index (χ3n) is 3.69. The maximum Gasteiger partial charge on any atom is 0.185 e. The number of ether oxygens (including phenoxy) is 1. The topological polar surface area (TPSA) is 56.1 Å². The number of pyridine rings is 1. The first kappa shape index (κ1) is 13.1. The molecule has 1 aliphatic heterocycles. The Kier molecular flexibility index (Phi) is 3.19. The number of nitrogens with zero attached hydrogens (tertiary/aromatic N) is 5. The van der Waals surface area contributed by atoms with Gasteiger partial charge in [0.1, 0.15) is 17.2 Å². The van der Waals surface area contributed by atoms with E-state index in [1.807, 2.05) is 12.1 Å². The second-order valence-corrected chi connectivity index (χ2v) is 5.09. The molecular formula is C15H14FN5O. The lowest BCUT2D eigenvalue weighted by Gasteiger charge is -2.27. The molecule has 22 heavy (non-hydrogen) atoms. The van der Waals surface area contributed by atoms with Crippen LogP contribution in [0.2, 0.25) is 0 Å². The lowest BCUT2D eigenvalue weighted by molar-refractivity contribution is 0.122. The average molecular weight is 299 g/mol. The fourth-order valence-corrected chi connectivity index (χ4v) is 2.53. The summed E-state index contributed by atoms with van der Waals surface area (Å²) in [5.41, 5.74) is 2.10. The van der Waals surface area contributed by atoms with E-state index in [1.165, 1.54) is 12.1 Å². The number of benzene rings is 1. The summed E-state index contributed by atoms with van der Waals surface area (Å²) in [5.74, 6) is 0.594. The van der Waals surface area contributed by atoms with Crippen molar-refractivity contribution in [3.8, 4) is 5.69 Å². The molecule has 0 aliphatic carbocycles. The minimum Gasteiger partial charge on any atom is -0.378 e. The third kappa shape index (κ3) is 2.29. The molecule has 4 rings (SSSR count). The fourth-order valence-electron chi connectivity index (χ4n) is 2.53. The zero-order valence-electron chi connectivity index (χ0n) is 11.8. The van der Waals surface area contributed by atoms with Crippen LogP contribution in [0.15, 0.2) is 36.4 Å². The Hall–Kier alpha value is -2.54. The van der Waals surface area contributed by atoms with Crippen molar-refractivity contribution in [1.29, 1.82) is 0 Å². The fraction of sp³-hybridized carbons (Fsp3) is 0.267. The van der Waals surface area contributed by atoms with Crippen molar-refractivity contribution in [3.05, 3.63) is 42.2 Å². The maximum atomic E-state index is 13.1. The molecular weight excluding hydrogens is 285 g/mol. The van der Waals surface area contributed by atoms with Crippen LogP contribution in [0.5, 0.6) is 0 Å². The summed E-state index contributed by atoms with van der Waals surface area (Å²) >= 11 is 0. The number of aromatic nitrogens is 4. The number of rotatable bonds is 2. The number of fused-ring (bicyclic) bond motifs is 1. The predicted molar refractivity (Wildman–Crippen MR) is 79.7 cm³/mol. The Morgan fingerprint density at radius 1 is 1.00 bits per heavy atom. The molecule has 0 spiro atoms. The van der Waals surface area contributed by atoms with Crippen molar-refractivity contribution in [2.24, 2.45) is 0 Å². The smallest absolute Gasteiger partial charge is 0.185 e. The van der Waals surface area contributed by atoms with Gasteiger partial charge in [-0.1, -0.05) is 5.21 Å². The van der Waals surface area contributed by atoms with Crippen LogP contribution in [0.25, 0.3) is 16.9 Å². The summed E-state index contributed by atoms with van der Waals surface area (Å²) in [4.78, 5) is 6.84. The summed E-state index contributed by atoms with van der Waals surface area (Å²) in [7, 11) is 0. The molecule has 1 saturated heterocycles. The van der Waals surface area contributed by atoms with Crippen molar-refractivity contribution < 1.29 is 9.13 Å². The molecule has 6 nitrogen and oxygen atoms in total. The van der Waals surface area contributed by atoms with Crippen LogP contribution in [-0.2, 0) is 4.74 Å². The number of morpholine rings is 1. The van der Waals surface area contributed by atoms with Crippen LogP contribution in [0.3, 0.4) is 0 Å². The quantitative estimate of drug-likeness (QED) is 0.722. The normalized spacial score (nSPS) is 15.4. The molecule has 0 N–H and O–H groups in total. The minimum atomic E-state index is -0.282. The highest BCUT2D eigenvalue weighted by atomic mass is 19.1. The molecule has 0 bridgehead atoms. The third-order valence-corrected chi connectivity index (χ3v) is 3.69. The van der Waals surface area contributed by atoms with Gasteiger partial charge < -0.3 is 9.64 Å². The van der Waals surface area contributed by atoms with E-state index in [9.17, 15) is 4.39 Å². The monoisotopic (exact) mass is 299 g/mol. The first-order valence-corrected chi connectivity index (χ1v) is 7.12. The summed E-state index contributed by atoms with van der Waals surface area (Å²) in [5, 5.41) is 8.24. The second kappa shape index (κ2) is 5.34. The van der Waals surface area contributed by atoms with Gasteiger partial charge in [-0.15, -0.1) is 5.10 Å². The molecule has 1 aliphatic rings. The molecule has 0 atom stereocenters. The number of hydrogen-bond donors (Lipinski definition) is 0. The maximum absolute atomic E-state index is 13.1. The highest BCUT2D eigenvalue weighted by Gasteiger charge is 2.15. The van der Waals surface area contributed by atoms with E-state index in [-0.39, 0.29) is 5.82 Å². The Morgan fingerprint density at radius 2 is 1.77 bits per heavy atom. The highest BCUT2D eigenvalue weighted by Crippen LogP contribution is 2.20. The van der Waals surface area contributed by atoms with Crippen LogP contribution in [0, 0.1) is 5.82 Å². The van der Waals surface area contributed by atoms with Gasteiger partial charge in [0.2, 0.25) is 0 Å².